The van der Waals surface area contributed by atoms with Crippen molar-refractivity contribution < 1.29 is 37.0 Å². The Labute approximate surface area is 148 Å². The van der Waals surface area contributed by atoms with E-state index in [1.54, 1.807) is 6.92 Å². The molecule has 26 heavy (non-hydrogen) atoms. The van der Waals surface area contributed by atoms with Crippen molar-refractivity contribution in [2.45, 2.75) is 32.5 Å². The van der Waals surface area contributed by atoms with E-state index in [0.29, 0.717) is 12.5 Å². The molecule has 0 bridgehead atoms. The van der Waals surface area contributed by atoms with E-state index in [9.17, 15) is 27.6 Å². The van der Waals surface area contributed by atoms with Crippen LogP contribution in [-0.2, 0) is 25.2 Å². The Balaban J connectivity index is 2.69. The topological polar surface area (TPSA) is 81.7 Å². The number of nitrogens with one attached hydrogen (secondary N) is 1. The molecule has 0 heterocycles. The zero-order valence-electron chi connectivity index (χ0n) is 14.6. The molecule has 0 saturated carbocycles. The first-order valence-electron chi connectivity index (χ1n) is 7.81. The number of carbonyl (C=O) groups excluding carboxylic acids is 3. The summed E-state index contributed by atoms with van der Waals surface area (Å²) >= 11 is 0. The highest BCUT2D eigenvalue weighted by molar-refractivity contribution is 5.92. The average molecular weight is 375 g/mol. The Bertz CT molecular complexity index is 660. The first kappa shape index (κ1) is 21.5. The number of alkyl halides is 3. The Morgan fingerprint density at radius 1 is 1.23 bits per heavy atom. The molecule has 0 aliphatic rings. The molecule has 0 spiro atoms. The van der Waals surface area contributed by atoms with E-state index >= 15 is 0 Å². The molecule has 2 unspecified atom stereocenters. The molecular weight excluding hydrogens is 355 g/mol. The Kier molecular flexibility index (Phi) is 7.60. The summed E-state index contributed by atoms with van der Waals surface area (Å²) in [4.78, 5) is 35.4. The molecule has 0 fully saturated rings. The van der Waals surface area contributed by atoms with Crippen LogP contribution in [0, 0.1) is 5.92 Å². The second-order valence-corrected chi connectivity index (χ2v) is 5.61. The van der Waals surface area contributed by atoms with Crippen molar-refractivity contribution in [3.05, 3.63) is 35.4 Å². The number of ether oxygens (including phenoxy) is 2. The van der Waals surface area contributed by atoms with Gasteiger partial charge in [-0.15, -0.1) is 0 Å². The van der Waals surface area contributed by atoms with Crippen LogP contribution in [-0.4, -0.2) is 37.6 Å². The highest BCUT2D eigenvalue weighted by Crippen LogP contribution is 2.29. The van der Waals surface area contributed by atoms with Gasteiger partial charge >= 0.3 is 18.1 Å². The molecule has 144 valence electrons. The smallest absolute Gasteiger partial charge is 0.416 e. The van der Waals surface area contributed by atoms with Gasteiger partial charge in [-0.3, -0.25) is 4.79 Å². The van der Waals surface area contributed by atoms with Gasteiger partial charge < -0.3 is 14.8 Å². The molecule has 2 atom stereocenters. The molecule has 6 nitrogen and oxygen atoms in total. The van der Waals surface area contributed by atoms with Gasteiger partial charge in [0.15, 0.2) is 6.61 Å². The lowest BCUT2D eigenvalue weighted by atomic mass is 9.99. The quantitative estimate of drug-likeness (QED) is 0.741. The Morgan fingerprint density at radius 3 is 2.42 bits per heavy atom. The predicted octanol–water partition coefficient (Wildman–Crippen LogP) is 2.57. The number of amides is 1. The van der Waals surface area contributed by atoms with E-state index in [0.717, 1.165) is 18.2 Å². The number of halogens is 3. The lowest BCUT2D eigenvalue weighted by Gasteiger charge is -2.21. The van der Waals surface area contributed by atoms with Crippen LogP contribution < -0.4 is 5.32 Å². The molecule has 1 amide bonds. The van der Waals surface area contributed by atoms with Crippen molar-refractivity contribution in [3.8, 4) is 0 Å². The fraction of sp³-hybridized carbons (Fsp3) is 0.471. The van der Waals surface area contributed by atoms with Gasteiger partial charge in [0.05, 0.1) is 18.2 Å². The molecule has 1 rings (SSSR count). The van der Waals surface area contributed by atoms with E-state index in [2.05, 4.69) is 10.1 Å². The summed E-state index contributed by atoms with van der Waals surface area (Å²) in [6.45, 7) is 2.82. The molecule has 0 aromatic heterocycles. The molecule has 1 N–H and O–H groups in total. The summed E-state index contributed by atoms with van der Waals surface area (Å²) in [5.74, 6) is -2.70. The van der Waals surface area contributed by atoms with Crippen molar-refractivity contribution in [2.24, 2.45) is 5.92 Å². The maximum Gasteiger partial charge on any atom is 0.416 e. The standard InChI is InChI=1S/C17H20F3NO5/c1-4-10(2)14(16(24)25-3)21-13(22)9-26-15(23)11-6-5-7-12(8-11)17(18,19)20/h5-8,10,14H,4,9H2,1-3H3,(H,21,22). The first-order chi connectivity index (χ1) is 12.1. The fourth-order valence-electron chi connectivity index (χ4n) is 2.05. The summed E-state index contributed by atoms with van der Waals surface area (Å²) in [5, 5.41) is 2.39. The molecule has 0 aliphatic carbocycles. The van der Waals surface area contributed by atoms with Crippen molar-refractivity contribution in [2.75, 3.05) is 13.7 Å². The van der Waals surface area contributed by atoms with E-state index in [-0.39, 0.29) is 11.5 Å². The van der Waals surface area contributed by atoms with Gasteiger partial charge in [-0.2, -0.15) is 13.2 Å². The van der Waals surface area contributed by atoms with E-state index in [1.807, 2.05) is 6.92 Å². The lowest BCUT2D eigenvalue weighted by Crippen LogP contribution is -2.47. The molecule has 9 heteroatoms. The van der Waals surface area contributed by atoms with Gasteiger partial charge in [0.25, 0.3) is 5.91 Å². The first-order valence-corrected chi connectivity index (χ1v) is 7.81. The third kappa shape index (κ3) is 6.05. The van der Waals surface area contributed by atoms with Gasteiger partial charge in [0.1, 0.15) is 6.04 Å². The van der Waals surface area contributed by atoms with Crippen molar-refractivity contribution in [3.63, 3.8) is 0 Å². The van der Waals surface area contributed by atoms with Crippen molar-refractivity contribution in [1.29, 1.82) is 0 Å². The summed E-state index contributed by atoms with van der Waals surface area (Å²) in [5.41, 5.74) is -1.34. The van der Waals surface area contributed by atoms with Crippen molar-refractivity contribution >= 4 is 17.8 Å². The van der Waals surface area contributed by atoms with E-state index in [4.69, 9.17) is 4.74 Å². The van der Waals surface area contributed by atoms with E-state index in [1.165, 1.54) is 7.11 Å². The van der Waals surface area contributed by atoms with Gasteiger partial charge in [-0.05, 0) is 24.1 Å². The fourth-order valence-corrected chi connectivity index (χ4v) is 2.05. The number of methoxy groups -OCH3 is 1. The Morgan fingerprint density at radius 2 is 1.88 bits per heavy atom. The number of carbonyl (C=O) groups is 3. The lowest BCUT2D eigenvalue weighted by molar-refractivity contribution is -0.147. The summed E-state index contributed by atoms with van der Waals surface area (Å²) in [7, 11) is 1.18. The number of hydrogen-bond donors (Lipinski definition) is 1. The zero-order valence-corrected chi connectivity index (χ0v) is 14.6. The van der Waals surface area contributed by atoms with E-state index < -0.39 is 42.2 Å². The summed E-state index contributed by atoms with van der Waals surface area (Å²) < 4.78 is 47.3. The van der Waals surface area contributed by atoms with Crippen LogP contribution in [0.3, 0.4) is 0 Å². The van der Waals surface area contributed by atoms with Gasteiger partial charge in [-0.25, -0.2) is 9.59 Å². The van der Waals surface area contributed by atoms with Gasteiger partial charge in [0.2, 0.25) is 0 Å². The number of esters is 2. The number of hydrogen-bond acceptors (Lipinski definition) is 5. The zero-order chi connectivity index (χ0) is 19.9. The van der Waals surface area contributed by atoms with Gasteiger partial charge in [0, 0.05) is 0 Å². The van der Waals surface area contributed by atoms with Crippen LogP contribution in [0.15, 0.2) is 24.3 Å². The summed E-state index contributed by atoms with van der Waals surface area (Å²) in [6.07, 6.45) is -4.01. The number of benzene rings is 1. The largest absolute Gasteiger partial charge is 0.467 e. The molecule has 0 saturated heterocycles. The monoisotopic (exact) mass is 375 g/mol. The van der Waals surface area contributed by atoms with Crippen LogP contribution in [0.4, 0.5) is 13.2 Å². The minimum Gasteiger partial charge on any atom is -0.467 e. The third-order valence-electron chi connectivity index (χ3n) is 3.74. The highest BCUT2D eigenvalue weighted by atomic mass is 19.4. The molecule has 1 aromatic rings. The van der Waals surface area contributed by atoms with Crippen LogP contribution in [0.25, 0.3) is 0 Å². The normalized spacial score (nSPS) is 13.5. The minimum absolute atomic E-state index is 0.217. The minimum atomic E-state index is -4.60. The van der Waals surface area contributed by atoms with Crippen LogP contribution in [0.1, 0.15) is 36.2 Å². The van der Waals surface area contributed by atoms with Crippen molar-refractivity contribution in [1.82, 2.24) is 5.32 Å². The highest BCUT2D eigenvalue weighted by Gasteiger charge is 2.31. The number of rotatable bonds is 7. The molecule has 0 aliphatic heterocycles. The van der Waals surface area contributed by atoms with Crippen LogP contribution >= 0.6 is 0 Å². The SMILES string of the molecule is CCC(C)C(NC(=O)COC(=O)c1cccc(C(F)(F)F)c1)C(=O)OC. The summed E-state index contributed by atoms with van der Waals surface area (Å²) in [6, 6.07) is 2.75. The van der Waals surface area contributed by atoms with Crippen LogP contribution in [0.5, 0.6) is 0 Å². The Hall–Kier alpha value is -2.58. The molecule has 0 radical (unpaired) electrons. The average Bonchev–Trinajstić information content (AvgIpc) is 2.62. The third-order valence-corrected chi connectivity index (χ3v) is 3.74. The second kappa shape index (κ2) is 9.21. The maximum atomic E-state index is 12.6. The molecular formula is C17H20F3NO5. The molecule has 1 aromatic carbocycles. The van der Waals surface area contributed by atoms with Gasteiger partial charge in [-0.1, -0.05) is 26.3 Å². The maximum absolute atomic E-state index is 12.6. The second-order valence-electron chi connectivity index (χ2n) is 5.61. The predicted molar refractivity (Wildman–Crippen MR) is 85.1 cm³/mol. The van der Waals surface area contributed by atoms with Crippen LogP contribution in [0.2, 0.25) is 0 Å².